The summed E-state index contributed by atoms with van der Waals surface area (Å²) in [5.74, 6) is 0. The SMILES string of the molecule is CN(C)c1ccc2nc3ccc(=[N+](C)C)c(I)c-3sc2c1.[I-]. The highest BCUT2D eigenvalue weighted by Crippen LogP contribution is 2.34. The van der Waals surface area contributed by atoms with Gasteiger partial charge >= 0.3 is 0 Å². The number of aromatic nitrogens is 1. The van der Waals surface area contributed by atoms with Crippen molar-refractivity contribution in [3.05, 3.63) is 39.3 Å². The van der Waals surface area contributed by atoms with Crippen LogP contribution >= 0.6 is 33.9 Å². The zero-order chi connectivity index (χ0) is 15.1. The van der Waals surface area contributed by atoms with E-state index in [1.54, 1.807) is 0 Å². The van der Waals surface area contributed by atoms with Crippen molar-refractivity contribution < 1.29 is 24.0 Å². The standard InChI is InChI=1S/C16H17IN3S.HI/c1-19(2)10-5-6-11-14(9-10)21-16-12(18-11)7-8-13(15(16)17)20(3)4;/h5-9H,1-4H3;1H/q+1;/p-1. The summed E-state index contributed by atoms with van der Waals surface area (Å²) in [7, 11) is 8.28. The lowest BCUT2D eigenvalue weighted by atomic mass is 10.2. The van der Waals surface area contributed by atoms with Crippen LogP contribution in [0, 0.1) is 3.57 Å². The van der Waals surface area contributed by atoms with Crippen LogP contribution < -0.4 is 38.8 Å². The lowest BCUT2D eigenvalue weighted by Crippen LogP contribution is -3.00. The Morgan fingerprint density at radius 2 is 1.86 bits per heavy atom. The van der Waals surface area contributed by atoms with Crippen molar-refractivity contribution in [1.82, 2.24) is 9.56 Å². The third-order valence-electron chi connectivity index (χ3n) is 3.45. The minimum atomic E-state index is 0. The zero-order valence-corrected chi connectivity index (χ0v) is 18.0. The van der Waals surface area contributed by atoms with Gasteiger partial charge in [0.1, 0.15) is 17.7 Å². The van der Waals surface area contributed by atoms with Crippen LogP contribution in [-0.2, 0) is 0 Å². The Kier molecular flexibility index (Phi) is 5.65. The summed E-state index contributed by atoms with van der Waals surface area (Å²) in [6.45, 7) is 0. The van der Waals surface area contributed by atoms with Crippen LogP contribution in [0.5, 0.6) is 0 Å². The fraction of sp³-hybridized carbons (Fsp3) is 0.250. The maximum absolute atomic E-state index is 4.81. The maximum Gasteiger partial charge on any atom is 0.214 e. The summed E-state index contributed by atoms with van der Waals surface area (Å²) < 4.78 is 4.64. The van der Waals surface area contributed by atoms with Gasteiger partial charge in [-0.1, -0.05) is 0 Å². The van der Waals surface area contributed by atoms with Gasteiger partial charge in [-0.25, -0.2) is 9.56 Å². The molecule has 0 unspecified atom stereocenters. The summed E-state index contributed by atoms with van der Waals surface area (Å²) >= 11 is 4.24. The second-order valence-corrected chi connectivity index (χ2v) is 7.53. The van der Waals surface area contributed by atoms with Gasteiger partial charge in [-0.05, 0) is 46.9 Å². The fourth-order valence-corrected chi connectivity index (χ4v) is 4.56. The van der Waals surface area contributed by atoms with Crippen molar-refractivity contribution in [2.24, 2.45) is 0 Å². The molecule has 0 aromatic heterocycles. The lowest BCUT2D eigenvalue weighted by molar-refractivity contribution is -0.00000416. The van der Waals surface area contributed by atoms with Crippen LogP contribution in [0.3, 0.4) is 0 Å². The highest BCUT2D eigenvalue weighted by atomic mass is 127. The van der Waals surface area contributed by atoms with Crippen molar-refractivity contribution in [1.29, 1.82) is 0 Å². The Morgan fingerprint density at radius 1 is 1.14 bits per heavy atom. The normalized spacial score (nSPS) is 10.6. The Morgan fingerprint density at radius 3 is 2.50 bits per heavy atom. The highest BCUT2D eigenvalue weighted by Gasteiger charge is 2.15. The minimum absolute atomic E-state index is 0. The number of halogens is 2. The molecule has 1 heterocycles. The van der Waals surface area contributed by atoms with Crippen molar-refractivity contribution in [2.45, 2.75) is 0 Å². The quantitative estimate of drug-likeness (QED) is 0.250. The Bertz CT molecular complexity index is 867. The molecule has 116 valence electrons. The first-order chi connectivity index (χ1) is 9.97. The molecular weight excluding hydrogens is 520 g/mol. The Balaban J connectivity index is 0.00000176. The van der Waals surface area contributed by atoms with Gasteiger partial charge in [0, 0.05) is 25.8 Å². The molecule has 0 saturated heterocycles. The number of fused-ring (bicyclic) bond motifs is 2. The average Bonchev–Trinajstić information content (AvgIpc) is 2.45. The first kappa shape index (κ1) is 17.9. The summed E-state index contributed by atoms with van der Waals surface area (Å²) in [5, 5.41) is 1.24. The molecule has 6 heteroatoms. The first-order valence-electron chi connectivity index (χ1n) is 6.68. The van der Waals surface area contributed by atoms with Gasteiger partial charge < -0.3 is 28.9 Å². The lowest BCUT2D eigenvalue weighted by Gasteiger charge is -2.14. The molecule has 0 bridgehead atoms. The molecule has 0 amide bonds. The molecule has 1 aliphatic heterocycles. The van der Waals surface area contributed by atoms with Crippen molar-refractivity contribution in [3.63, 3.8) is 0 Å². The molecule has 0 N–H and O–H groups in total. The summed E-state index contributed by atoms with van der Waals surface area (Å²) in [5.41, 5.74) is 3.34. The molecule has 22 heavy (non-hydrogen) atoms. The van der Waals surface area contributed by atoms with Gasteiger partial charge in [-0.15, -0.1) is 11.3 Å². The molecule has 1 aliphatic carbocycles. The number of rotatable bonds is 1. The van der Waals surface area contributed by atoms with Gasteiger partial charge in [0.25, 0.3) is 0 Å². The van der Waals surface area contributed by atoms with E-state index in [-0.39, 0.29) is 24.0 Å². The third kappa shape index (κ3) is 3.23. The van der Waals surface area contributed by atoms with Gasteiger partial charge in [0.15, 0.2) is 0 Å². The molecule has 0 atom stereocenters. The number of nitrogens with zero attached hydrogens (tertiary/aromatic N) is 3. The van der Waals surface area contributed by atoms with E-state index in [2.05, 4.69) is 90.6 Å². The second kappa shape index (κ2) is 6.96. The predicted octanol–water partition coefficient (Wildman–Crippen LogP) is 0.107. The summed E-state index contributed by atoms with van der Waals surface area (Å²) in [6.07, 6.45) is 0. The van der Waals surface area contributed by atoms with Crippen LogP contribution in [0.4, 0.5) is 5.69 Å². The van der Waals surface area contributed by atoms with Crippen LogP contribution in [0.15, 0.2) is 30.3 Å². The molecule has 1 aromatic rings. The smallest absolute Gasteiger partial charge is 0.214 e. The van der Waals surface area contributed by atoms with E-state index in [0.29, 0.717) is 0 Å². The zero-order valence-electron chi connectivity index (χ0n) is 12.9. The molecule has 0 radical (unpaired) electrons. The topological polar surface area (TPSA) is 19.1 Å². The fourth-order valence-electron chi connectivity index (χ4n) is 2.26. The number of anilines is 1. The molecular formula is C16H17I2N3S. The average molecular weight is 537 g/mol. The van der Waals surface area contributed by atoms with E-state index in [9.17, 15) is 0 Å². The van der Waals surface area contributed by atoms with E-state index in [1.807, 2.05) is 11.3 Å². The van der Waals surface area contributed by atoms with Gasteiger partial charge in [0.2, 0.25) is 5.36 Å². The minimum Gasteiger partial charge on any atom is -1.00 e. The largest absolute Gasteiger partial charge is 1.00 e. The van der Waals surface area contributed by atoms with Crippen molar-refractivity contribution in [3.8, 4) is 10.6 Å². The predicted molar refractivity (Wildman–Crippen MR) is 100 cm³/mol. The van der Waals surface area contributed by atoms with Crippen LogP contribution in [0.2, 0.25) is 0 Å². The van der Waals surface area contributed by atoms with Gasteiger partial charge in [0.05, 0.1) is 20.8 Å². The van der Waals surface area contributed by atoms with E-state index >= 15 is 0 Å². The van der Waals surface area contributed by atoms with Crippen LogP contribution in [0.1, 0.15) is 0 Å². The van der Waals surface area contributed by atoms with E-state index in [1.165, 1.54) is 24.2 Å². The third-order valence-corrected chi connectivity index (χ3v) is 6.07. The Hall–Kier alpha value is -0.480. The van der Waals surface area contributed by atoms with E-state index in [4.69, 9.17) is 4.98 Å². The number of hydrogen-bond donors (Lipinski definition) is 0. The summed E-state index contributed by atoms with van der Waals surface area (Å²) in [6, 6.07) is 10.7. The Labute approximate surface area is 165 Å². The first-order valence-corrected chi connectivity index (χ1v) is 8.57. The van der Waals surface area contributed by atoms with Gasteiger partial charge in [-0.2, -0.15) is 0 Å². The van der Waals surface area contributed by atoms with Crippen molar-refractivity contribution in [2.75, 3.05) is 33.1 Å². The molecule has 2 aliphatic rings. The summed E-state index contributed by atoms with van der Waals surface area (Å²) in [4.78, 5) is 8.19. The van der Waals surface area contributed by atoms with Crippen LogP contribution in [0.25, 0.3) is 20.8 Å². The molecule has 0 spiro atoms. The van der Waals surface area contributed by atoms with Gasteiger partial charge in [-0.3, -0.25) is 0 Å². The number of benzene rings is 2. The molecule has 3 rings (SSSR count). The molecule has 1 aromatic carbocycles. The highest BCUT2D eigenvalue weighted by molar-refractivity contribution is 14.1. The van der Waals surface area contributed by atoms with E-state index in [0.717, 1.165) is 11.2 Å². The second-order valence-electron chi connectivity index (χ2n) is 5.40. The van der Waals surface area contributed by atoms with E-state index < -0.39 is 0 Å². The van der Waals surface area contributed by atoms with Crippen LogP contribution in [-0.4, -0.2) is 33.2 Å². The molecule has 3 nitrogen and oxygen atoms in total. The molecule has 0 saturated carbocycles. The monoisotopic (exact) mass is 537 g/mol. The molecule has 0 fully saturated rings. The van der Waals surface area contributed by atoms with Crippen molar-refractivity contribution >= 4 is 49.8 Å². The maximum atomic E-state index is 4.81. The number of hydrogen-bond acceptors (Lipinski definition) is 3.